The van der Waals surface area contributed by atoms with Gasteiger partial charge in [-0.05, 0) is 25.3 Å². The lowest BCUT2D eigenvalue weighted by Gasteiger charge is -2.33. The summed E-state index contributed by atoms with van der Waals surface area (Å²) in [6, 6.07) is 3.71. The average molecular weight is 280 g/mol. The first-order valence-electron chi connectivity index (χ1n) is 6.88. The molecular weight excluding hydrogens is 262 g/mol. The van der Waals surface area contributed by atoms with Crippen LogP contribution in [-0.4, -0.2) is 11.0 Å². The van der Waals surface area contributed by atoms with E-state index in [4.69, 9.17) is 11.6 Å². The molecule has 1 saturated carbocycles. The summed E-state index contributed by atoms with van der Waals surface area (Å²) in [7, 11) is 0. The molecule has 3 nitrogen and oxygen atoms in total. The van der Waals surface area contributed by atoms with Crippen LogP contribution in [0.4, 0.5) is 5.69 Å². The van der Waals surface area contributed by atoms with Crippen LogP contribution < -0.4 is 5.32 Å². The number of carbonyl (C=O) groups is 1. The van der Waals surface area contributed by atoms with Gasteiger partial charge in [-0.1, -0.05) is 43.0 Å². The molecule has 0 radical (unpaired) electrons. The van der Waals surface area contributed by atoms with E-state index in [1.165, 1.54) is 6.42 Å². The molecule has 1 heterocycles. The summed E-state index contributed by atoms with van der Waals surface area (Å²) in [6.45, 7) is 1.90. The second-order valence-corrected chi connectivity index (χ2v) is 6.05. The van der Waals surface area contributed by atoms with Crippen molar-refractivity contribution in [2.45, 2.75) is 44.6 Å². The van der Waals surface area contributed by atoms with Gasteiger partial charge in [-0.25, -0.2) is 0 Å². The van der Waals surface area contributed by atoms with Gasteiger partial charge >= 0.3 is 0 Å². The standard InChI is InChI=1S/C15H18ClNO2/c1-9-7-8-11-13(12(9)16)17-14(18)15(11,19)10-5-3-2-4-6-10/h7-8,10,19H,2-6H2,1H3,(H,17,18). The molecule has 1 aliphatic carbocycles. The Hall–Kier alpha value is -1.06. The Kier molecular flexibility index (Phi) is 3.06. The predicted molar refractivity (Wildman–Crippen MR) is 75.3 cm³/mol. The van der Waals surface area contributed by atoms with Crippen molar-refractivity contribution < 1.29 is 9.90 Å². The third-order valence-electron chi connectivity index (χ3n) is 4.53. The van der Waals surface area contributed by atoms with Crippen molar-refractivity contribution in [3.8, 4) is 0 Å². The molecular formula is C15H18ClNO2. The summed E-state index contributed by atoms with van der Waals surface area (Å²) < 4.78 is 0. The lowest BCUT2D eigenvalue weighted by molar-refractivity contribution is -0.141. The lowest BCUT2D eigenvalue weighted by atomic mass is 9.74. The van der Waals surface area contributed by atoms with E-state index < -0.39 is 5.60 Å². The van der Waals surface area contributed by atoms with Gasteiger partial charge in [0, 0.05) is 11.5 Å². The van der Waals surface area contributed by atoms with Gasteiger partial charge in [-0.2, -0.15) is 0 Å². The second kappa shape index (κ2) is 4.50. The minimum Gasteiger partial charge on any atom is -0.375 e. The third kappa shape index (κ3) is 1.79. The fourth-order valence-corrected chi connectivity index (χ4v) is 3.59. The van der Waals surface area contributed by atoms with Crippen LogP contribution in [0, 0.1) is 12.8 Å². The third-order valence-corrected chi connectivity index (χ3v) is 5.01. The van der Waals surface area contributed by atoms with Crippen molar-refractivity contribution in [3.63, 3.8) is 0 Å². The van der Waals surface area contributed by atoms with Gasteiger partial charge < -0.3 is 10.4 Å². The maximum absolute atomic E-state index is 12.3. The van der Waals surface area contributed by atoms with E-state index in [0.717, 1.165) is 31.2 Å². The molecule has 2 aliphatic rings. The van der Waals surface area contributed by atoms with Crippen LogP contribution in [0.3, 0.4) is 0 Å². The van der Waals surface area contributed by atoms with Crippen LogP contribution in [-0.2, 0) is 10.4 Å². The first-order chi connectivity index (χ1) is 9.05. The van der Waals surface area contributed by atoms with E-state index in [1.807, 2.05) is 19.1 Å². The summed E-state index contributed by atoms with van der Waals surface area (Å²) in [6.07, 6.45) is 5.14. The first-order valence-corrected chi connectivity index (χ1v) is 7.26. The van der Waals surface area contributed by atoms with Crippen molar-refractivity contribution in [2.75, 3.05) is 5.32 Å². The Morgan fingerprint density at radius 2 is 2.00 bits per heavy atom. The van der Waals surface area contributed by atoms with E-state index in [2.05, 4.69) is 5.32 Å². The van der Waals surface area contributed by atoms with E-state index in [0.29, 0.717) is 16.3 Å². The van der Waals surface area contributed by atoms with Crippen LogP contribution in [0.25, 0.3) is 0 Å². The number of halogens is 1. The molecule has 1 aliphatic heterocycles. The minimum atomic E-state index is -1.40. The number of amides is 1. The van der Waals surface area contributed by atoms with Crippen LogP contribution >= 0.6 is 11.6 Å². The van der Waals surface area contributed by atoms with Crippen LogP contribution in [0.1, 0.15) is 43.2 Å². The minimum absolute atomic E-state index is 0.00118. The number of aliphatic hydroxyl groups is 1. The fourth-order valence-electron chi connectivity index (χ4n) is 3.38. The van der Waals surface area contributed by atoms with Crippen LogP contribution in [0.2, 0.25) is 5.02 Å². The van der Waals surface area contributed by atoms with E-state index >= 15 is 0 Å². The number of fused-ring (bicyclic) bond motifs is 1. The Bertz CT molecular complexity index is 537. The molecule has 1 fully saturated rings. The monoisotopic (exact) mass is 279 g/mol. The summed E-state index contributed by atoms with van der Waals surface area (Å²) >= 11 is 6.24. The first kappa shape index (κ1) is 12.9. The molecule has 19 heavy (non-hydrogen) atoms. The highest BCUT2D eigenvalue weighted by Gasteiger charge is 2.51. The molecule has 3 rings (SSSR count). The molecule has 1 aromatic rings. The van der Waals surface area contributed by atoms with E-state index in [-0.39, 0.29) is 11.8 Å². The highest BCUT2D eigenvalue weighted by molar-refractivity contribution is 6.35. The normalized spacial score (nSPS) is 27.2. The molecule has 0 spiro atoms. The Morgan fingerprint density at radius 1 is 1.32 bits per heavy atom. The lowest BCUT2D eigenvalue weighted by Crippen LogP contribution is -2.42. The van der Waals surface area contributed by atoms with Gasteiger partial charge in [0.2, 0.25) is 0 Å². The molecule has 1 unspecified atom stereocenters. The van der Waals surface area contributed by atoms with Gasteiger partial charge in [-0.15, -0.1) is 0 Å². The Labute approximate surface area is 118 Å². The molecule has 0 saturated heterocycles. The molecule has 4 heteroatoms. The van der Waals surface area contributed by atoms with Gasteiger partial charge in [-0.3, -0.25) is 4.79 Å². The molecule has 1 atom stereocenters. The van der Waals surface area contributed by atoms with E-state index in [1.54, 1.807) is 0 Å². The summed E-state index contributed by atoms with van der Waals surface area (Å²) in [5.74, 6) is -0.317. The average Bonchev–Trinajstić information content (AvgIpc) is 2.69. The Morgan fingerprint density at radius 3 is 2.68 bits per heavy atom. The molecule has 0 aromatic heterocycles. The number of rotatable bonds is 1. The molecule has 0 bridgehead atoms. The second-order valence-electron chi connectivity index (χ2n) is 5.67. The number of carbonyl (C=O) groups excluding carboxylic acids is 1. The molecule has 102 valence electrons. The molecule has 2 N–H and O–H groups in total. The van der Waals surface area contributed by atoms with Gasteiger partial charge in [0.15, 0.2) is 5.60 Å². The number of aryl methyl sites for hydroxylation is 1. The summed E-state index contributed by atoms with van der Waals surface area (Å²) in [5.41, 5.74) is 0.765. The highest BCUT2D eigenvalue weighted by Crippen LogP contribution is 2.48. The van der Waals surface area contributed by atoms with Gasteiger partial charge in [0.25, 0.3) is 5.91 Å². The topological polar surface area (TPSA) is 49.3 Å². The van der Waals surface area contributed by atoms with Crippen LogP contribution in [0.5, 0.6) is 0 Å². The smallest absolute Gasteiger partial charge is 0.261 e. The maximum atomic E-state index is 12.3. The zero-order valence-corrected chi connectivity index (χ0v) is 11.8. The Balaban J connectivity index is 2.09. The zero-order chi connectivity index (χ0) is 13.6. The number of hydrogen-bond acceptors (Lipinski definition) is 2. The largest absolute Gasteiger partial charge is 0.375 e. The van der Waals surface area contributed by atoms with Crippen molar-refractivity contribution in [1.82, 2.24) is 0 Å². The zero-order valence-electron chi connectivity index (χ0n) is 11.0. The van der Waals surface area contributed by atoms with Crippen molar-refractivity contribution in [2.24, 2.45) is 5.92 Å². The number of nitrogens with one attached hydrogen (secondary N) is 1. The number of hydrogen-bond donors (Lipinski definition) is 2. The fraction of sp³-hybridized carbons (Fsp3) is 0.533. The SMILES string of the molecule is Cc1ccc2c(c1Cl)NC(=O)C2(O)C1CCCCC1. The predicted octanol–water partition coefficient (Wildman–Crippen LogP) is 3.37. The summed E-state index contributed by atoms with van der Waals surface area (Å²) in [5, 5.41) is 14.3. The summed E-state index contributed by atoms with van der Waals surface area (Å²) in [4.78, 5) is 12.3. The van der Waals surface area contributed by atoms with Crippen molar-refractivity contribution in [3.05, 3.63) is 28.3 Å². The van der Waals surface area contributed by atoms with Gasteiger partial charge in [0.05, 0.1) is 10.7 Å². The van der Waals surface area contributed by atoms with Crippen molar-refractivity contribution >= 4 is 23.2 Å². The quantitative estimate of drug-likeness (QED) is 0.828. The number of benzene rings is 1. The van der Waals surface area contributed by atoms with Gasteiger partial charge in [0.1, 0.15) is 0 Å². The van der Waals surface area contributed by atoms with Crippen molar-refractivity contribution in [1.29, 1.82) is 0 Å². The van der Waals surface area contributed by atoms with Crippen LogP contribution in [0.15, 0.2) is 12.1 Å². The van der Waals surface area contributed by atoms with E-state index in [9.17, 15) is 9.90 Å². The highest BCUT2D eigenvalue weighted by atomic mass is 35.5. The maximum Gasteiger partial charge on any atom is 0.261 e. The molecule has 1 aromatic carbocycles. The molecule has 1 amide bonds. The number of anilines is 1.